The van der Waals surface area contributed by atoms with E-state index in [4.69, 9.17) is 0 Å². The number of anilines is 1. The minimum atomic E-state index is -0.421. The standard InChI is InChI=1S/C16H20N2O/c1-3-15(19)14-9-10-16(18-12(14)2)17-11-13-7-5-4-6-8-13/h4-10,15,19H,3,11H2,1-2H3,(H,17,18)/t15-/m1/s1. The first-order valence-electron chi connectivity index (χ1n) is 6.64. The van der Waals surface area contributed by atoms with Crippen LogP contribution in [0.5, 0.6) is 0 Å². The summed E-state index contributed by atoms with van der Waals surface area (Å²) in [6, 6.07) is 14.1. The largest absolute Gasteiger partial charge is 0.388 e. The normalized spacial score (nSPS) is 12.2. The molecule has 3 nitrogen and oxygen atoms in total. The fraction of sp³-hybridized carbons (Fsp3) is 0.312. The monoisotopic (exact) mass is 256 g/mol. The molecule has 1 heterocycles. The summed E-state index contributed by atoms with van der Waals surface area (Å²) in [4.78, 5) is 4.49. The van der Waals surface area contributed by atoms with Crippen molar-refractivity contribution < 1.29 is 5.11 Å². The molecule has 2 N–H and O–H groups in total. The van der Waals surface area contributed by atoms with Crippen LogP contribution in [0.3, 0.4) is 0 Å². The minimum absolute atomic E-state index is 0.421. The van der Waals surface area contributed by atoms with Gasteiger partial charge in [0.15, 0.2) is 0 Å². The van der Waals surface area contributed by atoms with E-state index in [0.717, 1.165) is 23.6 Å². The highest BCUT2D eigenvalue weighted by molar-refractivity contribution is 5.40. The van der Waals surface area contributed by atoms with Crippen molar-refractivity contribution in [2.75, 3.05) is 5.32 Å². The van der Waals surface area contributed by atoms with Gasteiger partial charge in [-0.3, -0.25) is 0 Å². The summed E-state index contributed by atoms with van der Waals surface area (Å²) >= 11 is 0. The zero-order valence-electron chi connectivity index (χ0n) is 11.4. The van der Waals surface area contributed by atoms with Crippen LogP contribution in [0.25, 0.3) is 0 Å². The molecule has 0 amide bonds. The Bertz CT molecular complexity index is 526. The number of nitrogens with zero attached hydrogens (tertiary/aromatic N) is 1. The van der Waals surface area contributed by atoms with Crippen molar-refractivity contribution in [2.45, 2.75) is 32.9 Å². The smallest absolute Gasteiger partial charge is 0.126 e. The van der Waals surface area contributed by atoms with Crippen LogP contribution in [-0.4, -0.2) is 10.1 Å². The van der Waals surface area contributed by atoms with Crippen molar-refractivity contribution in [1.29, 1.82) is 0 Å². The highest BCUT2D eigenvalue weighted by atomic mass is 16.3. The van der Waals surface area contributed by atoms with E-state index in [1.807, 2.05) is 44.2 Å². The maximum Gasteiger partial charge on any atom is 0.126 e. The molecule has 1 aromatic heterocycles. The Morgan fingerprint density at radius 2 is 1.89 bits per heavy atom. The van der Waals surface area contributed by atoms with Gasteiger partial charge in [0.1, 0.15) is 5.82 Å². The van der Waals surface area contributed by atoms with E-state index in [1.54, 1.807) is 0 Å². The predicted octanol–water partition coefficient (Wildman–Crippen LogP) is 3.45. The molecular formula is C16H20N2O. The van der Waals surface area contributed by atoms with Crippen molar-refractivity contribution in [1.82, 2.24) is 4.98 Å². The molecule has 0 aliphatic carbocycles. The Balaban J connectivity index is 2.04. The molecule has 0 unspecified atom stereocenters. The van der Waals surface area contributed by atoms with Crippen LogP contribution in [0.15, 0.2) is 42.5 Å². The summed E-state index contributed by atoms with van der Waals surface area (Å²) in [5, 5.41) is 13.1. The van der Waals surface area contributed by atoms with Gasteiger partial charge in [-0.05, 0) is 25.0 Å². The van der Waals surface area contributed by atoms with Crippen LogP contribution in [0.1, 0.15) is 36.3 Å². The first kappa shape index (κ1) is 13.6. The molecule has 2 aromatic rings. The quantitative estimate of drug-likeness (QED) is 0.861. The van der Waals surface area contributed by atoms with Gasteiger partial charge in [0.2, 0.25) is 0 Å². The highest BCUT2D eigenvalue weighted by Gasteiger charge is 2.09. The molecule has 0 fully saturated rings. The van der Waals surface area contributed by atoms with Gasteiger partial charge in [-0.2, -0.15) is 0 Å². The minimum Gasteiger partial charge on any atom is -0.388 e. The molecule has 0 bridgehead atoms. The molecular weight excluding hydrogens is 236 g/mol. The summed E-state index contributed by atoms with van der Waals surface area (Å²) in [6.45, 7) is 4.65. The second-order valence-electron chi connectivity index (χ2n) is 4.63. The average molecular weight is 256 g/mol. The number of nitrogens with one attached hydrogen (secondary N) is 1. The van der Waals surface area contributed by atoms with Crippen molar-refractivity contribution in [2.24, 2.45) is 0 Å². The lowest BCUT2D eigenvalue weighted by Crippen LogP contribution is -2.05. The van der Waals surface area contributed by atoms with Gasteiger partial charge in [-0.15, -0.1) is 0 Å². The topological polar surface area (TPSA) is 45.1 Å². The Labute approximate surface area is 114 Å². The number of aromatic nitrogens is 1. The van der Waals surface area contributed by atoms with E-state index in [1.165, 1.54) is 5.56 Å². The summed E-state index contributed by atoms with van der Waals surface area (Å²) in [5.41, 5.74) is 3.01. The number of benzene rings is 1. The maximum atomic E-state index is 9.85. The molecule has 100 valence electrons. The van der Waals surface area contributed by atoms with Crippen LogP contribution in [0.4, 0.5) is 5.82 Å². The van der Waals surface area contributed by atoms with Crippen molar-refractivity contribution in [3.8, 4) is 0 Å². The van der Waals surface area contributed by atoms with E-state index < -0.39 is 6.10 Å². The van der Waals surface area contributed by atoms with Crippen LogP contribution >= 0.6 is 0 Å². The average Bonchev–Trinajstić information content (AvgIpc) is 2.45. The third-order valence-electron chi connectivity index (χ3n) is 3.19. The van der Waals surface area contributed by atoms with Gasteiger partial charge in [0.05, 0.1) is 6.10 Å². The molecule has 0 aliphatic heterocycles. The molecule has 2 rings (SSSR count). The van der Waals surface area contributed by atoms with Crippen LogP contribution < -0.4 is 5.32 Å². The fourth-order valence-electron chi connectivity index (χ4n) is 2.03. The highest BCUT2D eigenvalue weighted by Crippen LogP contribution is 2.20. The maximum absolute atomic E-state index is 9.85. The van der Waals surface area contributed by atoms with E-state index in [0.29, 0.717) is 6.42 Å². The summed E-state index contributed by atoms with van der Waals surface area (Å²) in [6.07, 6.45) is 0.287. The van der Waals surface area contributed by atoms with E-state index in [2.05, 4.69) is 22.4 Å². The van der Waals surface area contributed by atoms with Gasteiger partial charge in [-0.25, -0.2) is 4.98 Å². The molecule has 0 spiro atoms. The lowest BCUT2D eigenvalue weighted by atomic mass is 10.1. The SMILES string of the molecule is CC[C@@H](O)c1ccc(NCc2ccccc2)nc1C. The number of hydrogen-bond acceptors (Lipinski definition) is 3. The molecule has 3 heteroatoms. The Kier molecular flexibility index (Phi) is 4.53. The first-order chi connectivity index (χ1) is 9.20. The zero-order valence-corrected chi connectivity index (χ0v) is 11.4. The summed E-state index contributed by atoms with van der Waals surface area (Å²) in [7, 11) is 0. The number of aliphatic hydroxyl groups excluding tert-OH is 1. The van der Waals surface area contributed by atoms with Gasteiger partial charge in [0.25, 0.3) is 0 Å². The van der Waals surface area contributed by atoms with Crippen LogP contribution in [-0.2, 0) is 6.54 Å². The van der Waals surface area contributed by atoms with Crippen molar-refractivity contribution >= 4 is 5.82 Å². The zero-order chi connectivity index (χ0) is 13.7. The molecule has 0 saturated carbocycles. The number of aryl methyl sites for hydroxylation is 1. The number of rotatable bonds is 5. The lowest BCUT2D eigenvalue weighted by Gasteiger charge is -2.13. The molecule has 0 saturated heterocycles. The first-order valence-corrected chi connectivity index (χ1v) is 6.64. The van der Waals surface area contributed by atoms with Crippen molar-refractivity contribution in [3.63, 3.8) is 0 Å². The van der Waals surface area contributed by atoms with Crippen LogP contribution in [0.2, 0.25) is 0 Å². The van der Waals surface area contributed by atoms with Crippen molar-refractivity contribution in [3.05, 3.63) is 59.3 Å². The second kappa shape index (κ2) is 6.34. The second-order valence-corrected chi connectivity index (χ2v) is 4.63. The molecule has 0 aliphatic rings. The van der Waals surface area contributed by atoms with Gasteiger partial charge in [-0.1, -0.05) is 43.3 Å². The number of aliphatic hydroxyl groups is 1. The molecule has 19 heavy (non-hydrogen) atoms. The predicted molar refractivity (Wildman–Crippen MR) is 78.0 cm³/mol. The molecule has 0 radical (unpaired) electrons. The van der Waals surface area contributed by atoms with E-state index in [-0.39, 0.29) is 0 Å². The van der Waals surface area contributed by atoms with Gasteiger partial charge >= 0.3 is 0 Å². The summed E-state index contributed by atoms with van der Waals surface area (Å²) < 4.78 is 0. The summed E-state index contributed by atoms with van der Waals surface area (Å²) in [5.74, 6) is 0.841. The lowest BCUT2D eigenvalue weighted by molar-refractivity contribution is 0.172. The van der Waals surface area contributed by atoms with E-state index in [9.17, 15) is 5.11 Å². The van der Waals surface area contributed by atoms with E-state index >= 15 is 0 Å². The fourth-order valence-corrected chi connectivity index (χ4v) is 2.03. The number of pyridine rings is 1. The third-order valence-corrected chi connectivity index (χ3v) is 3.19. The van der Waals surface area contributed by atoms with Gasteiger partial charge in [0, 0.05) is 17.8 Å². The Hall–Kier alpha value is -1.87. The molecule has 1 aromatic carbocycles. The third kappa shape index (κ3) is 3.55. The Morgan fingerprint density at radius 3 is 2.53 bits per heavy atom. The molecule has 1 atom stereocenters. The Morgan fingerprint density at radius 1 is 1.16 bits per heavy atom. The van der Waals surface area contributed by atoms with Gasteiger partial charge < -0.3 is 10.4 Å². The van der Waals surface area contributed by atoms with Crippen LogP contribution in [0, 0.1) is 6.92 Å². The number of hydrogen-bond donors (Lipinski definition) is 2.